The van der Waals surface area contributed by atoms with Crippen LogP contribution in [0.4, 0.5) is 0 Å². The molecule has 0 aromatic heterocycles. The predicted molar refractivity (Wildman–Crippen MR) is 57.4 cm³/mol. The summed E-state index contributed by atoms with van der Waals surface area (Å²) in [7, 11) is 2.02. The number of carbonyl (C=O) groups is 2. The van der Waals surface area contributed by atoms with Crippen molar-refractivity contribution in [3.63, 3.8) is 0 Å². The van der Waals surface area contributed by atoms with Crippen molar-refractivity contribution in [1.29, 1.82) is 0 Å². The molecule has 0 aromatic rings. The van der Waals surface area contributed by atoms with Gasteiger partial charge in [-0.2, -0.15) is 0 Å². The third-order valence-corrected chi connectivity index (χ3v) is 2.25. The van der Waals surface area contributed by atoms with Gasteiger partial charge in [0.1, 0.15) is 0 Å². The van der Waals surface area contributed by atoms with Crippen molar-refractivity contribution in [3.05, 3.63) is 0 Å². The fourth-order valence-electron chi connectivity index (χ4n) is 1.31. The van der Waals surface area contributed by atoms with Gasteiger partial charge < -0.3 is 14.5 Å². The van der Waals surface area contributed by atoms with Crippen LogP contribution in [0.3, 0.4) is 0 Å². The highest BCUT2D eigenvalue weighted by Crippen LogP contribution is 1.99. The smallest absolute Gasteiger partial charge is 0.303 e. The molecule has 1 aliphatic rings. The molecular weight excluding hydrogens is 196 g/mol. The first-order chi connectivity index (χ1) is 6.59. The highest BCUT2D eigenvalue weighted by Gasteiger charge is 2.19. The fourth-order valence-corrected chi connectivity index (χ4v) is 1.31. The first-order valence-electron chi connectivity index (χ1n) is 4.69. The predicted octanol–water partition coefficient (Wildman–Crippen LogP) is -0.0404. The topological polar surface area (TPSA) is 49.9 Å². The molecule has 0 radical (unpaired) electrons. The summed E-state index contributed by atoms with van der Waals surface area (Å²) in [5.41, 5.74) is 0. The van der Waals surface area contributed by atoms with Crippen LogP contribution < -0.4 is 0 Å². The van der Waals surface area contributed by atoms with E-state index in [0.717, 1.165) is 26.2 Å². The van der Waals surface area contributed by atoms with E-state index in [0.29, 0.717) is 0 Å². The zero-order valence-corrected chi connectivity index (χ0v) is 8.65. The van der Waals surface area contributed by atoms with Gasteiger partial charge in [0.2, 0.25) is 0 Å². The Hall–Kier alpha value is -1.10. The van der Waals surface area contributed by atoms with E-state index >= 15 is 0 Å². The monoisotopic (exact) mass is 216 g/mol. The molecule has 0 spiro atoms. The van der Waals surface area contributed by atoms with Crippen LogP contribution in [0, 0.1) is 0 Å². The Morgan fingerprint density at radius 3 is 2.20 bits per heavy atom. The molecule has 1 saturated heterocycles. The summed E-state index contributed by atoms with van der Waals surface area (Å²) in [5.74, 6) is -0.513. The molecule has 15 heavy (non-hydrogen) atoms. The number of amides is 1. The summed E-state index contributed by atoms with van der Waals surface area (Å²) in [5, 5.41) is 0. The first-order valence-corrected chi connectivity index (χ1v) is 4.69. The highest BCUT2D eigenvalue weighted by atomic mass is 16.5. The highest BCUT2D eigenvalue weighted by molar-refractivity contribution is 5.80. The van der Waals surface area contributed by atoms with Crippen molar-refractivity contribution in [2.45, 2.75) is 14.4 Å². The average molecular weight is 216 g/mol. The van der Waals surface area contributed by atoms with Crippen molar-refractivity contribution in [2.24, 2.45) is 0 Å². The van der Waals surface area contributed by atoms with Crippen LogP contribution in [0.5, 0.6) is 0 Å². The molecule has 0 saturated carbocycles. The molecule has 0 aliphatic carbocycles. The van der Waals surface area contributed by atoms with Crippen LogP contribution in [0.25, 0.3) is 0 Å². The van der Waals surface area contributed by atoms with Gasteiger partial charge in [0.15, 0.2) is 6.61 Å². The second kappa shape index (κ2) is 6.40. The Kier molecular flexibility index (Phi) is 5.93. The molecule has 1 heterocycles. The summed E-state index contributed by atoms with van der Waals surface area (Å²) < 4.78 is 4.64. The maximum Gasteiger partial charge on any atom is 0.303 e. The van der Waals surface area contributed by atoms with Crippen LogP contribution >= 0.6 is 0 Å². The van der Waals surface area contributed by atoms with Gasteiger partial charge in [-0.15, -0.1) is 0 Å². The maximum atomic E-state index is 11.4. The number of nitrogens with zero attached hydrogens (tertiary/aromatic N) is 2. The van der Waals surface area contributed by atoms with Crippen LogP contribution in [0.2, 0.25) is 0 Å². The summed E-state index contributed by atoms with van der Waals surface area (Å²) >= 11 is 0. The summed E-state index contributed by atoms with van der Waals surface area (Å²) in [6.45, 7) is 4.38. The van der Waals surface area contributed by atoms with Crippen LogP contribution in [0.1, 0.15) is 14.4 Å². The molecule has 88 valence electrons. The number of hydrogen-bond donors (Lipinski definition) is 0. The largest absolute Gasteiger partial charge is 0.456 e. The summed E-state index contributed by atoms with van der Waals surface area (Å²) in [4.78, 5) is 25.8. The molecule has 0 atom stereocenters. The minimum absolute atomic E-state index is 0. The molecule has 0 unspecified atom stereocenters. The van der Waals surface area contributed by atoms with E-state index in [1.807, 2.05) is 7.05 Å². The fraction of sp³-hybridized carbons (Fsp3) is 0.800. The summed E-state index contributed by atoms with van der Waals surface area (Å²) in [6.07, 6.45) is 0. The first kappa shape index (κ1) is 13.9. The lowest BCUT2D eigenvalue weighted by molar-refractivity contribution is -0.150. The number of esters is 1. The molecule has 1 fully saturated rings. The van der Waals surface area contributed by atoms with E-state index in [4.69, 9.17) is 0 Å². The number of carbonyl (C=O) groups excluding carboxylic acids is 2. The van der Waals surface area contributed by atoms with Crippen molar-refractivity contribution in [2.75, 3.05) is 39.8 Å². The van der Waals surface area contributed by atoms with Gasteiger partial charge in [0.05, 0.1) is 0 Å². The molecule has 1 aliphatic heterocycles. The van der Waals surface area contributed by atoms with Crippen LogP contribution in [0.15, 0.2) is 0 Å². The Labute approximate surface area is 91.0 Å². The number of hydrogen-bond acceptors (Lipinski definition) is 4. The lowest BCUT2D eigenvalue weighted by Gasteiger charge is -2.32. The van der Waals surface area contributed by atoms with Gasteiger partial charge in [-0.25, -0.2) is 0 Å². The standard InChI is InChI=1S/C9H16N2O3.CH4/c1-8(12)14-7-9(13)11-5-3-10(2)4-6-11;/h3-7H2,1-2H3;1H4. The molecule has 1 amide bonds. The van der Waals surface area contributed by atoms with E-state index < -0.39 is 5.97 Å². The molecule has 0 N–H and O–H groups in total. The number of ether oxygens (including phenoxy) is 1. The van der Waals surface area contributed by atoms with Gasteiger partial charge in [0.25, 0.3) is 5.91 Å². The molecule has 5 heteroatoms. The van der Waals surface area contributed by atoms with E-state index in [1.54, 1.807) is 4.90 Å². The second-order valence-electron chi connectivity index (χ2n) is 3.46. The van der Waals surface area contributed by atoms with Crippen molar-refractivity contribution >= 4 is 11.9 Å². The van der Waals surface area contributed by atoms with Gasteiger partial charge in [-0.3, -0.25) is 9.59 Å². The second-order valence-corrected chi connectivity index (χ2v) is 3.46. The molecular formula is C10H20N2O3. The quantitative estimate of drug-likeness (QED) is 0.608. The molecule has 1 rings (SSSR count). The molecule has 5 nitrogen and oxygen atoms in total. The normalized spacial score (nSPS) is 16.8. The van der Waals surface area contributed by atoms with Crippen LogP contribution in [-0.2, 0) is 14.3 Å². The zero-order valence-electron chi connectivity index (χ0n) is 8.65. The molecule has 0 bridgehead atoms. The molecule has 0 aromatic carbocycles. The Balaban J connectivity index is 0.00000196. The van der Waals surface area contributed by atoms with E-state index in [1.165, 1.54) is 6.92 Å². The van der Waals surface area contributed by atoms with Crippen molar-refractivity contribution < 1.29 is 14.3 Å². The van der Waals surface area contributed by atoms with Crippen molar-refractivity contribution in [1.82, 2.24) is 9.80 Å². The number of rotatable bonds is 2. The lowest BCUT2D eigenvalue weighted by Crippen LogP contribution is -2.48. The Morgan fingerprint density at radius 1 is 1.20 bits per heavy atom. The number of likely N-dealkylation sites (N-methyl/N-ethyl adjacent to an activating group) is 1. The number of piperazine rings is 1. The Bertz CT molecular complexity index is 223. The Morgan fingerprint density at radius 2 is 1.73 bits per heavy atom. The van der Waals surface area contributed by atoms with Gasteiger partial charge in [0, 0.05) is 33.1 Å². The SMILES string of the molecule is C.CC(=O)OCC(=O)N1CCN(C)CC1. The summed E-state index contributed by atoms with van der Waals surface area (Å²) in [6, 6.07) is 0. The third-order valence-electron chi connectivity index (χ3n) is 2.25. The minimum atomic E-state index is -0.410. The van der Waals surface area contributed by atoms with E-state index in [9.17, 15) is 9.59 Å². The van der Waals surface area contributed by atoms with Crippen molar-refractivity contribution in [3.8, 4) is 0 Å². The van der Waals surface area contributed by atoms with E-state index in [-0.39, 0.29) is 19.9 Å². The average Bonchev–Trinajstić information content (AvgIpc) is 2.15. The van der Waals surface area contributed by atoms with Gasteiger partial charge >= 0.3 is 5.97 Å². The van der Waals surface area contributed by atoms with E-state index in [2.05, 4.69) is 9.64 Å². The van der Waals surface area contributed by atoms with Crippen LogP contribution in [-0.4, -0.2) is 61.5 Å². The lowest BCUT2D eigenvalue weighted by atomic mass is 10.3. The minimum Gasteiger partial charge on any atom is -0.456 e. The van der Waals surface area contributed by atoms with Gasteiger partial charge in [-0.05, 0) is 7.05 Å². The zero-order chi connectivity index (χ0) is 10.6. The third kappa shape index (κ3) is 4.78. The maximum absolute atomic E-state index is 11.4. The van der Waals surface area contributed by atoms with Gasteiger partial charge in [-0.1, -0.05) is 7.43 Å².